The standard InChI is InChI=1S/C29H31N7O/c1-5-6-9-24-18-35(28-21(3)14-20(2)15-22(28)4)29(37)34(24)17-23-12-13-26(30-16-23)25-10-7-8-11-27(25)36-19-31-32-33-36/h7-8,10-16,18-19H,5-6,9,17H2,1-4H3. The third-order valence-corrected chi connectivity index (χ3v) is 6.67. The first-order valence-corrected chi connectivity index (χ1v) is 12.6. The van der Waals surface area contributed by atoms with Crippen molar-refractivity contribution in [2.75, 3.05) is 0 Å². The lowest BCUT2D eigenvalue weighted by Gasteiger charge is -2.11. The van der Waals surface area contributed by atoms with Crippen molar-refractivity contribution in [1.29, 1.82) is 0 Å². The van der Waals surface area contributed by atoms with Crippen LogP contribution in [0, 0.1) is 20.8 Å². The van der Waals surface area contributed by atoms with Crippen molar-refractivity contribution in [2.24, 2.45) is 0 Å². The smallest absolute Gasteiger partial charge is 0.292 e. The summed E-state index contributed by atoms with van der Waals surface area (Å²) in [4.78, 5) is 18.4. The molecule has 3 aromatic heterocycles. The Morgan fingerprint density at radius 1 is 0.973 bits per heavy atom. The van der Waals surface area contributed by atoms with Gasteiger partial charge in [-0.2, -0.15) is 4.68 Å². The lowest BCUT2D eigenvalue weighted by atomic mass is 10.1. The van der Waals surface area contributed by atoms with Crippen molar-refractivity contribution in [3.8, 4) is 22.6 Å². The first-order valence-electron chi connectivity index (χ1n) is 12.6. The average Bonchev–Trinajstić information content (AvgIpc) is 3.52. The second-order valence-corrected chi connectivity index (χ2v) is 9.53. The topological polar surface area (TPSA) is 83.4 Å². The van der Waals surface area contributed by atoms with Crippen molar-refractivity contribution in [2.45, 2.75) is 53.5 Å². The molecule has 3 heterocycles. The number of para-hydroxylation sites is 1. The van der Waals surface area contributed by atoms with E-state index in [2.05, 4.69) is 55.4 Å². The second-order valence-electron chi connectivity index (χ2n) is 9.53. The molecule has 0 atom stereocenters. The van der Waals surface area contributed by atoms with Crippen LogP contribution in [0.3, 0.4) is 0 Å². The quantitative estimate of drug-likeness (QED) is 0.304. The number of tetrazole rings is 1. The monoisotopic (exact) mass is 493 g/mol. The Labute approximate surface area is 216 Å². The Bertz CT molecular complexity index is 1550. The molecule has 0 radical (unpaired) electrons. The third-order valence-electron chi connectivity index (χ3n) is 6.67. The lowest BCUT2D eigenvalue weighted by molar-refractivity contribution is 0.672. The molecule has 37 heavy (non-hydrogen) atoms. The molecular weight excluding hydrogens is 462 g/mol. The third kappa shape index (κ3) is 4.87. The molecule has 0 aliphatic heterocycles. The number of benzene rings is 2. The maximum absolute atomic E-state index is 13.7. The molecule has 8 heteroatoms. The van der Waals surface area contributed by atoms with Crippen LogP contribution in [-0.2, 0) is 13.0 Å². The highest BCUT2D eigenvalue weighted by molar-refractivity contribution is 5.69. The lowest BCUT2D eigenvalue weighted by Crippen LogP contribution is -2.25. The van der Waals surface area contributed by atoms with Crippen molar-refractivity contribution in [1.82, 2.24) is 34.3 Å². The van der Waals surface area contributed by atoms with Crippen LogP contribution in [0.4, 0.5) is 0 Å². The van der Waals surface area contributed by atoms with E-state index in [4.69, 9.17) is 4.98 Å². The molecular formula is C29H31N7O. The van der Waals surface area contributed by atoms with Gasteiger partial charge in [-0.15, -0.1) is 5.10 Å². The van der Waals surface area contributed by atoms with E-state index >= 15 is 0 Å². The number of hydrogen-bond donors (Lipinski definition) is 0. The van der Waals surface area contributed by atoms with Gasteiger partial charge < -0.3 is 0 Å². The molecule has 0 unspecified atom stereocenters. The van der Waals surface area contributed by atoms with Crippen LogP contribution in [0.5, 0.6) is 0 Å². The molecule has 0 saturated carbocycles. The van der Waals surface area contributed by atoms with Gasteiger partial charge >= 0.3 is 5.69 Å². The number of nitrogens with zero attached hydrogens (tertiary/aromatic N) is 7. The Kier molecular flexibility index (Phi) is 6.81. The molecule has 0 aliphatic carbocycles. The molecule has 0 fully saturated rings. The summed E-state index contributed by atoms with van der Waals surface area (Å²) < 4.78 is 5.33. The summed E-state index contributed by atoms with van der Waals surface area (Å²) in [5.41, 5.74) is 8.97. The summed E-state index contributed by atoms with van der Waals surface area (Å²) in [5.74, 6) is 0. The normalized spacial score (nSPS) is 11.2. The van der Waals surface area contributed by atoms with Crippen molar-refractivity contribution in [3.63, 3.8) is 0 Å². The summed E-state index contributed by atoms with van der Waals surface area (Å²) in [6.45, 7) is 8.87. The van der Waals surface area contributed by atoms with Crippen molar-refractivity contribution in [3.05, 3.63) is 106 Å². The Hall–Kier alpha value is -4.33. The van der Waals surface area contributed by atoms with E-state index in [0.29, 0.717) is 6.54 Å². The van der Waals surface area contributed by atoms with E-state index in [9.17, 15) is 4.79 Å². The van der Waals surface area contributed by atoms with Crippen LogP contribution in [0.15, 0.2) is 72.0 Å². The van der Waals surface area contributed by atoms with Crippen LogP contribution < -0.4 is 5.69 Å². The van der Waals surface area contributed by atoms with E-state index in [-0.39, 0.29) is 5.69 Å². The molecule has 8 nitrogen and oxygen atoms in total. The van der Waals surface area contributed by atoms with E-state index in [1.807, 2.05) is 57.9 Å². The molecule has 0 aliphatic rings. The highest BCUT2D eigenvalue weighted by atomic mass is 16.1. The fourth-order valence-electron chi connectivity index (χ4n) is 4.99. The summed E-state index contributed by atoms with van der Waals surface area (Å²) in [6.07, 6.45) is 8.39. The van der Waals surface area contributed by atoms with E-state index in [0.717, 1.165) is 64.3 Å². The fourth-order valence-corrected chi connectivity index (χ4v) is 4.99. The molecule has 5 aromatic rings. The fraction of sp³-hybridized carbons (Fsp3) is 0.276. The molecule has 2 aromatic carbocycles. The average molecular weight is 494 g/mol. The van der Waals surface area contributed by atoms with Gasteiger partial charge in [0.2, 0.25) is 0 Å². The zero-order valence-electron chi connectivity index (χ0n) is 21.7. The zero-order chi connectivity index (χ0) is 25.9. The highest BCUT2D eigenvalue weighted by Gasteiger charge is 2.17. The SMILES string of the molecule is CCCCc1cn(-c2c(C)cc(C)cc2C)c(=O)n1Cc1ccc(-c2ccccc2-n2cnnn2)nc1. The van der Waals surface area contributed by atoms with E-state index in [1.54, 1.807) is 11.0 Å². The molecule has 0 saturated heterocycles. The minimum Gasteiger partial charge on any atom is -0.292 e. The Morgan fingerprint density at radius 2 is 1.76 bits per heavy atom. The molecule has 0 spiro atoms. The van der Waals surface area contributed by atoms with Crippen molar-refractivity contribution < 1.29 is 0 Å². The predicted molar refractivity (Wildman–Crippen MR) is 144 cm³/mol. The van der Waals surface area contributed by atoms with Crippen LogP contribution >= 0.6 is 0 Å². The van der Waals surface area contributed by atoms with Gasteiger partial charge in [-0.05, 0) is 72.9 Å². The largest absolute Gasteiger partial charge is 0.333 e. The summed E-state index contributed by atoms with van der Waals surface area (Å²) in [7, 11) is 0. The number of aryl methyl sites for hydroxylation is 4. The molecule has 0 amide bonds. The van der Waals surface area contributed by atoms with Crippen LogP contribution in [-0.4, -0.2) is 34.3 Å². The van der Waals surface area contributed by atoms with Gasteiger partial charge in [-0.3, -0.25) is 14.1 Å². The Morgan fingerprint density at radius 3 is 2.43 bits per heavy atom. The summed E-state index contributed by atoms with van der Waals surface area (Å²) >= 11 is 0. The molecule has 0 N–H and O–H groups in total. The Balaban J connectivity index is 1.50. The minimum absolute atomic E-state index is 0.0192. The van der Waals surface area contributed by atoms with Gasteiger partial charge in [0.05, 0.1) is 23.6 Å². The summed E-state index contributed by atoms with van der Waals surface area (Å²) in [5, 5.41) is 11.5. The predicted octanol–water partition coefficient (Wildman–Crippen LogP) is 4.99. The first kappa shape index (κ1) is 24.4. The van der Waals surface area contributed by atoms with Gasteiger partial charge in [-0.1, -0.05) is 55.3 Å². The second kappa shape index (κ2) is 10.3. The van der Waals surface area contributed by atoms with E-state index in [1.165, 1.54) is 5.56 Å². The maximum Gasteiger partial charge on any atom is 0.333 e. The van der Waals surface area contributed by atoms with Crippen LogP contribution in [0.1, 0.15) is 47.7 Å². The zero-order valence-corrected chi connectivity index (χ0v) is 21.7. The molecule has 0 bridgehead atoms. The first-order chi connectivity index (χ1) is 18.0. The highest BCUT2D eigenvalue weighted by Crippen LogP contribution is 2.25. The van der Waals surface area contributed by atoms with Gasteiger partial charge in [0, 0.05) is 23.7 Å². The van der Waals surface area contributed by atoms with Gasteiger partial charge in [-0.25, -0.2) is 4.79 Å². The molecule has 188 valence electrons. The number of imidazole rings is 1. The summed E-state index contributed by atoms with van der Waals surface area (Å²) in [6, 6.07) is 16.2. The molecule has 5 rings (SSSR count). The van der Waals surface area contributed by atoms with Crippen molar-refractivity contribution >= 4 is 0 Å². The van der Waals surface area contributed by atoms with Gasteiger partial charge in [0.1, 0.15) is 6.33 Å². The van der Waals surface area contributed by atoms with Crippen LogP contribution in [0.25, 0.3) is 22.6 Å². The number of pyridine rings is 1. The van der Waals surface area contributed by atoms with Gasteiger partial charge in [0.25, 0.3) is 0 Å². The maximum atomic E-state index is 13.7. The van der Waals surface area contributed by atoms with Crippen LogP contribution in [0.2, 0.25) is 0 Å². The minimum atomic E-state index is -0.0192. The van der Waals surface area contributed by atoms with E-state index < -0.39 is 0 Å². The van der Waals surface area contributed by atoms with Gasteiger partial charge in [0.15, 0.2) is 0 Å². The number of unbranched alkanes of at least 4 members (excludes halogenated alkanes) is 1. The number of aromatic nitrogens is 7. The number of rotatable bonds is 8. The number of hydrogen-bond acceptors (Lipinski definition) is 5.